The van der Waals surface area contributed by atoms with Crippen LogP contribution in [0.4, 0.5) is 4.39 Å². The lowest BCUT2D eigenvalue weighted by atomic mass is 9.91. The van der Waals surface area contributed by atoms with Crippen LogP contribution in [0.1, 0.15) is 49.1 Å². The van der Waals surface area contributed by atoms with E-state index < -0.39 is 5.92 Å². The van der Waals surface area contributed by atoms with Gasteiger partial charge in [-0.05, 0) is 48.6 Å². The standard InChI is InChI=1S/C22H26FN3O2/c23-18-10-8-17(9-11-18)20(13-16-5-4-12-24-14-16)22(28)25-15-21(27)26-19-6-2-1-3-7-19/h4-5,8-12,14,19-20H,1-3,6-7,13,15H2,(H,25,28)(H,26,27). The van der Waals surface area contributed by atoms with Gasteiger partial charge in [-0.25, -0.2) is 4.39 Å². The smallest absolute Gasteiger partial charge is 0.239 e. The molecular weight excluding hydrogens is 357 g/mol. The van der Waals surface area contributed by atoms with E-state index in [2.05, 4.69) is 15.6 Å². The van der Waals surface area contributed by atoms with E-state index in [4.69, 9.17) is 0 Å². The van der Waals surface area contributed by atoms with Crippen molar-refractivity contribution in [1.29, 1.82) is 0 Å². The molecule has 0 bridgehead atoms. The zero-order valence-corrected chi connectivity index (χ0v) is 15.9. The van der Waals surface area contributed by atoms with Crippen LogP contribution in [0, 0.1) is 5.82 Å². The Morgan fingerprint density at radius 2 is 1.86 bits per heavy atom. The molecule has 148 valence electrons. The van der Waals surface area contributed by atoms with Gasteiger partial charge in [0.05, 0.1) is 12.5 Å². The molecule has 1 heterocycles. The number of hydrogen-bond acceptors (Lipinski definition) is 3. The molecule has 1 atom stereocenters. The van der Waals surface area contributed by atoms with Crippen molar-refractivity contribution in [2.24, 2.45) is 0 Å². The maximum absolute atomic E-state index is 13.3. The molecule has 1 fully saturated rings. The average Bonchev–Trinajstić information content (AvgIpc) is 2.72. The van der Waals surface area contributed by atoms with Gasteiger partial charge in [-0.1, -0.05) is 37.5 Å². The first kappa shape index (κ1) is 20.0. The average molecular weight is 383 g/mol. The Hall–Kier alpha value is -2.76. The van der Waals surface area contributed by atoms with Gasteiger partial charge >= 0.3 is 0 Å². The van der Waals surface area contributed by atoms with Gasteiger partial charge in [-0.3, -0.25) is 14.6 Å². The second-order valence-corrected chi connectivity index (χ2v) is 7.29. The van der Waals surface area contributed by atoms with Gasteiger partial charge in [0, 0.05) is 18.4 Å². The van der Waals surface area contributed by atoms with Crippen LogP contribution < -0.4 is 10.6 Å². The fourth-order valence-electron chi connectivity index (χ4n) is 3.63. The Bertz CT molecular complexity index is 774. The van der Waals surface area contributed by atoms with Crippen molar-refractivity contribution in [2.45, 2.75) is 50.5 Å². The third-order valence-electron chi connectivity index (χ3n) is 5.14. The topological polar surface area (TPSA) is 71.1 Å². The second-order valence-electron chi connectivity index (χ2n) is 7.29. The Morgan fingerprint density at radius 1 is 1.11 bits per heavy atom. The van der Waals surface area contributed by atoms with Crippen LogP contribution in [0.25, 0.3) is 0 Å². The van der Waals surface area contributed by atoms with E-state index in [0.717, 1.165) is 31.2 Å². The van der Waals surface area contributed by atoms with Gasteiger partial charge in [0.1, 0.15) is 5.82 Å². The lowest BCUT2D eigenvalue weighted by Gasteiger charge is -2.23. The molecule has 1 aromatic carbocycles. The van der Waals surface area contributed by atoms with Gasteiger partial charge < -0.3 is 10.6 Å². The van der Waals surface area contributed by atoms with E-state index in [-0.39, 0.29) is 30.2 Å². The highest BCUT2D eigenvalue weighted by atomic mass is 19.1. The number of amides is 2. The van der Waals surface area contributed by atoms with Crippen LogP contribution in [-0.4, -0.2) is 29.4 Å². The molecule has 1 unspecified atom stereocenters. The summed E-state index contributed by atoms with van der Waals surface area (Å²) in [4.78, 5) is 29.1. The van der Waals surface area contributed by atoms with Gasteiger partial charge in [-0.2, -0.15) is 0 Å². The highest BCUT2D eigenvalue weighted by Gasteiger charge is 2.23. The molecule has 2 amide bonds. The van der Waals surface area contributed by atoms with E-state index in [9.17, 15) is 14.0 Å². The van der Waals surface area contributed by atoms with E-state index in [1.165, 1.54) is 18.6 Å². The minimum atomic E-state index is -0.521. The Labute approximate surface area is 164 Å². The molecule has 2 N–H and O–H groups in total. The molecule has 1 aromatic heterocycles. The first-order valence-electron chi connectivity index (χ1n) is 9.83. The summed E-state index contributed by atoms with van der Waals surface area (Å²) in [6, 6.07) is 9.82. The number of hydrogen-bond donors (Lipinski definition) is 2. The predicted octanol–water partition coefficient (Wildman–Crippen LogP) is 3.11. The summed E-state index contributed by atoms with van der Waals surface area (Å²) in [7, 11) is 0. The summed E-state index contributed by atoms with van der Waals surface area (Å²) >= 11 is 0. The number of benzene rings is 1. The summed E-state index contributed by atoms with van der Waals surface area (Å²) < 4.78 is 13.3. The van der Waals surface area contributed by atoms with Crippen molar-refractivity contribution in [1.82, 2.24) is 15.6 Å². The maximum atomic E-state index is 13.3. The van der Waals surface area contributed by atoms with Crippen molar-refractivity contribution in [3.05, 3.63) is 65.7 Å². The minimum Gasteiger partial charge on any atom is -0.352 e. The summed E-state index contributed by atoms with van der Waals surface area (Å²) in [5.74, 6) is -1.29. The molecule has 0 saturated heterocycles. The highest BCUT2D eigenvalue weighted by Crippen LogP contribution is 2.22. The zero-order valence-electron chi connectivity index (χ0n) is 15.9. The van der Waals surface area contributed by atoms with E-state index >= 15 is 0 Å². The van der Waals surface area contributed by atoms with Crippen molar-refractivity contribution in [2.75, 3.05) is 6.54 Å². The summed E-state index contributed by atoms with van der Waals surface area (Å²) in [6.07, 6.45) is 9.29. The summed E-state index contributed by atoms with van der Waals surface area (Å²) in [5.41, 5.74) is 1.61. The molecule has 2 aromatic rings. The molecule has 6 heteroatoms. The number of nitrogens with zero attached hydrogens (tertiary/aromatic N) is 1. The van der Waals surface area contributed by atoms with Crippen LogP contribution >= 0.6 is 0 Å². The summed E-state index contributed by atoms with van der Waals surface area (Å²) in [6.45, 7) is -0.0555. The molecule has 5 nitrogen and oxygen atoms in total. The number of carbonyl (C=O) groups excluding carboxylic acids is 2. The second kappa shape index (κ2) is 9.97. The van der Waals surface area contributed by atoms with Crippen LogP contribution in [0.3, 0.4) is 0 Å². The largest absolute Gasteiger partial charge is 0.352 e. The van der Waals surface area contributed by atoms with E-state index in [1.807, 2.05) is 12.1 Å². The SMILES string of the molecule is O=C(CNC(=O)C(Cc1cccnc1)c1ccc(F)cc1)NC1CCCCC1. The van der Waals surface area contributed by atoms with Crippen LogP contribution in [0.15, 0.2) is 48.8 Å². The normalized spacial score (nSPS) is 15.6. The first-order valence-corrected chi connectivity index (χ1v) is 9.83. The fraction of sp³-hybridized carbons (Fsp3) is 0.409. The lowest BCUT2D eigenvalue weighted by Crippen LogP contribution is -2.43. The van der Waals surface area contributed by atoms with Crippen LogP contribution in [0.2, 0.25) is 0 Å². The number of carbonyl (C=O) groups is 2. The molecule has 1 aliphatic rings. The van der Waals surface area contributed by atoms with Crippen LogP contribution in [0.5, 0.6) is 0 Å². The third-order valence-corrected chi connectivity index (χ3v) is 5.14. The molecule has 1 aliphatic carbocycles. The predicted molar refractivity (Wildman–Crippen MR) is 105 cm³/mol. The summed E-state index contributed by atoms with van der Waals surface area (Å²) in [5, 5.41) is 5.74. The molecule has 0 radical (unpaired) electrons. The zero-order chi connectivity index (χ0) is 19.8. The quantitative estimate of drug-likeness (QED) is 0.772. The molecule has 3 rings (SSSR count). The van der Waals surface area contributed by atoms with Crippen LogP contribution in [-0.2, 0) is 16.0 Å². The lowest BCUT2D eigenvalue weighted by molar-refractivity contribution is -0.127. The number of halogens is 1. The highest BCUT2D eigenvalue weighted by molar-refractivity contribution is 5.88. The third kappa shape index (κ3) is 5.87. The number of pyridine rings is 1. The molecule has 28 heavy (non-hydrogen) atoms. The minimum absolute atomic E-state index is 0.0555. The van der Waals surface area contributed by atoms with E-state index in [0.29, 0.717) is 12.0 Å². The van der Waals surface area contributed by atoms with Crippen molar-refractivity contribution in [3.63, 3.8) is 0 Å². The molecule has 0 aliphatic heterocycles. The fourth-order valence-corrected chi connectivity index (χ4v) is 3.63. The molecule has 1 saturated carbocycles. The monoisotopic (exact) mass is 383 g/mol. The molecule has 0 spiro atoms. The number of aromatic nitrogens is 1. The van der Waals surface area contributed by atoms with Gasteiger partial charge in [-0.15, -0.1) is 0 Å². The Kier molecular flexibility index (Phi) is 7.12. The van der Waals surface area contributed by atoms with Gasteiger partial charge in [0.15, 0.2) is 0 Å². The van der Waals surface area contributed by atoms with Crippen molar-refractivity contribution < 1.29 is 14.0 Å². The van der Waals surface area contributed by atoms with Crippen molar-refractivity contribution in [3.8, 4) is 0 Å². The Morgan fingerprint density at radius 3 is 2.54 bits per heavy atom. The Balaban J connectivity index is 1.62. The van der Waals surface area contributed by atoms with Gasteiger partial charge in [0.2, 0.25) is 11.8 Å². The van der Waals surface area contributed by atoms with E-state index in [1.54, 1.807) is 24.5 Å². The van der Waals surface area contributed by atoms with Crippen molar-refractivity contribution >= 4 is 11.8 Å². The number of rotatable bonds is 7. The molecular formula is C22H26FN3O2. The maximum Gasteiger partial charge on any atom is 0.239 e. The first-order chi connectivity index (χ1) is 13.6. The number of nitrogens with one attached hydrogen (secondary N) is 2. The van der Waals surface area contributed by atoms with Gasteiger partial charge in [0.25, 0.3) is 0 Å².